The van der Waals surface area contributed by atoms with Crippen molar-refractivity contribution >= 4 is 33.5 Å². The lowest BCUT2D eigenvalue weighted by molar-refractivity contribution is -0.119. The van der Waals surface area contributed by atoms with E-state index in [-0.39, 0.29) is 11.8 Å². The molecule has 3 heterocycles. The molecule has 1 aliphatic heterocycles. The molecule has 0 bridgehead atoms. The molecule has 4 N–H and O–H groups in total. The maximum Gasteiger partial charge on any atom is 0.224 e. The number of hydrogen-bond acceptors (Lipinski definition) is 5. The summed E-state index contributed by atoms with van der Waals surface area (Å²) in [6, 6.07) is 12.0. The minimum atomic E-state index is -0.367. The van der Waals surface area contributed by atoms with E-state index in [1.165, 1.54) is 0 Å². The summed E-state index contributed by atoms with van der Waals surface area (Å²) in [5, 5.41) is 8.40. The molecule has 0 aliphatic carbocycles. The molecule has 1 amide bonds. The molecule has 8 heteroatoms. The Kier molecular flexibility index (Phi) is 4.21. The second-order valence-corrected chi connectivity index (χ2v) is 7.39. The van der Waals surface area contributed by atoms with Crippen LogP contribution in [0.15, 0.2) is 36.4 Å². The molecule has 1 fully saturated rings. The van der Waals surface area contributed by atoms with Crippen LogP contribution in [0.25, 0.3) is 33.5 Å². The van der Waals surface area contributed by atoms with Gasteiger partial charge < -0.3 is 20.4 Å². The van der Waals surface area contributed by atoms with Crippen LogP contribution in [0.3, 0.4) is 0 Å². The molecular formula is C21H22N6O2. The van der Waals surface area contributed by atoms with E-state index in [0.29, 0.717) is 5.82 Å². The molecule has 0 spiro atoms. The third-order valence-electron chi connectivity index (χ3n) is 5.58. The van der Waals surface area contributed by atoms with Crippen molar-refractivity contribution < 1.29 is 9.53 Å². The molecule has 1 aliphatic rings. The van der Waals surface area contributed by atoms with E-state index in [2.05, 4.69) is 32.2 Å². The van der Waals surface area contributed by atoms with Gasteiger partial charge in [-0.2, -0.15) is 5.10 Å². The predicted octanol–water partition coefficient (Wildman–Crippen LogP) is 2.53. The molecule has 1 unspecified atom stereocenters. The number of anilines is 1. The standard InChI is InChI=1S/C21H22N6O2/c1-12(20(22)28)13-2-4-16-15(10-13)19(26-25-16)21-23-17-5-3-14(11-18(17)24-21)27-6-8-29-9-7-27/h2-5,10-12H,6-9H2,1H3,(H2,22,28)(H,23,24)(H,25,26). The fourth-order valence-electron chi connectivity index (χ4n) is 3.77. The Labute approximate surface area is 167 Å². The van der Waals surface area contributed by atoms with Crippen molar-refractivity contribution in [3.05, 3.63) is 42.0 Å². The van der Waals surface area contributed by atoms with Crippen LogP contribution in [0, 0.1) is 0 Å². The highest BCUT2D eigenvalue weighted by Crippen LogP contribution is 2.30. The number of primary amides is 1. The molecule has 2 aromatic carbocycles. The zero-order chi connectivity index (χ0) is 20.0. The first-order valence-electron chi connectivity index (χ1n) is 9.70. The summed E-state index contributed by atoms with van der Waals surface area (Å²) in [5.74, 6) is -0.0306. The second kappa shape index (κ2) is 6.89. The number of hydrogen-bond donors (Lipinski definition) is 3. The number of aromatic amines is 2. The van der Waals surface area contributed by atoms with Gasteiger partial charge in [0.15, 0.2) is 5.82 Å². The van der Waals surface area contributed by atoms with E-state index in [0.717, 1.165) is 65.2 Å². The van der Waals surface area contributed by atoms with Crippen LogP contribution in [0.5, 0.6) is 0 Å². The van der Waals surface area contributed by atoms with Gasteiger partial charge in [-0.25, -0.2) is 4.98 Å². The van der Waals surface area contributed by atoms with Crippen LogP contribution in [-0.4, -0.2) is 52.4 Å². The molecule has 4 aromatic rings. The Morgan fingerprint density at radius 2 is 2.00 bits per heavy atom. The van der Waals surface area contributed by atoms with Gasteiger partial charge in [0.05, 0.1) is 35.7 Å². The number of fused-ring (bicyclic) bond motifs is 2. The van der Waals surface area contributed by atoms with Crippen LogP contribution in [0.1, 0.15) is 18.4 Å². The van der Waals surface area contributed by atoms with Gasteiger partial charge in [0, 0.05) is 24.2 Å². The van der Waals surface area contributed by atoms with Crippen LogP contribution >= 0.6 is 0 Å². The Bertz CT molecular complexity index is 1200. The lowest BCUT2D eigenvalue weighted by Gasteiger charge is -2.28. The zero-order valence-corrected chi connectivity index (χ0v) is 16.1. The van der Waals surface area contributed by atoms with E-state index in [1.54, 1.807) is 6.92 Å². The van der Waals surface area contributed by atoms with Crippen molar-refractivity contribution in [2.24, 2.45) is 5.73 Å². The van der Waals surface area contributed by atoms with Gasteiger partial charge in [0.2, 0.25) is 5.91 Å². The van der Waals surface area contributed by atoms with Gasteiger partial charge in [0.1, 0.15) is 5.69 Å². The number of amides is 1. The summed E-state index contributed by atoms with van der Waals surface area (Å²) in [4.78, 5) is 22.0. The van der Waals surface area contributed by atoms with Crippen molar-refractivity contribution in [1.82, 2.24) is 20.2 Å². The quantitative estimate of drug-likeness (QED) is 0.496. The third kappa shape index (κ3) is 3.11. The highest BCUT2D eigenvalue weighted by atomic mass is 16.5. The molecule has 8 nitrogen and oxygen atoms in total. The highest BCUT2D eigenvalue weighted by molar-refractivity contribution is 5.94. The van der Waals surface area contributed by atoms with Crippen molar-refractivity contribution in [2.45, 2.75) is 12.8 Å². The topological polar surface area (TPSA) is 113 Å². The summed E-state index contributed by atoms with van der Waals surface area (Å²) in [7, 11) is 0. The molecule has 0 radical (unpaired) electrons. The number of carbonyl (C=O) groups is 1. The number of nitrogens with one attached hydrogen (secondary N) is 2. The largest absolute Gasteiger partial charge is 0.378 e. The monoisotopic (exact) mass is 390 g/mol. The van der Waals surface area contributed by atoms with E-state index < -0.39 is 0 Å². The van der Waals surface area contributed by atoms with Crippen LogP contribution < -0.4 is 10.6 Å². The highest BCUT2D eigenvalue weighted by Gasteiger charge is 2.18. The molecule has 2 aromatic heterocycles. The Balaban J connectivity index is 1.55. The van der Waals surface area contributed by atoms with Crippen LogP contribution in [0.4, 0.5) is 5.69 Å². The maximum atomic E-state index is 11.6. The molecule has 0 saturated carbocycles. The number of nitrogens with zero attached hydrogens (tertiary/aromatic N) is 3. The Morgan fingerprint density at radius 3 is 2.79 bits per heavy atom. The van der Waals surface area contributed by atoms with Crippen LogP contribution in [-0.2, 0) is 9.53 Å². The first kappa shape index (κ1) is 17.7. The first-order valence-corrected chi connectivity index (χ1v) is 9.70. The molecular weight excluding hydrogens is 368 g/mol. The molecule has 1 atom stereocenters. The Morgan fingerprint density at radius 1 is 1.17 bits per heavy atom. The number of imidazole rings is 1. The fraction of sp³-hybridized carbons (Fsp3) is 0.286. The number of aromatic nitrogens is 4. The molecule has 5 rings (SSSR count). The van der Waals surface area contributed by atoms with Crippen molar-refractivity contribution in [2.75, 3.05) is 31.2 Å². The first-order chi connectivity index (χ1) is 14.1. The van der Waals surface area contributed by atoms with Crippen molar-refractivity contribution in [3.8, 4) is 11.5 Å². The van der Waals surface area contributed by atoms with Crippen LogP contribution in [0.2, 0.25) is 0 Å². The van der Waals surface area contributed by atoms with E-state index in [9.17, 15) is 4.79 Å². The fourth-order valence-corrected chi connectivity index (χ4v) is 3.77. The van der Waals surface area contributed by atoms with E-state index in [4.69, 9.17) is 15.5 Å². The minimum Gasteiger partial charge on any atom is -0.378 e. The molecule has 148 valence electrons. The summed E-state index contributed by atoms with van der Waals surface area (Å²) in [6.07, 6.45) is 0. The summed E-state index contributed by atoms with van der Waals surface area (Å²) < 4.78 is 5.44. The molecule has 29 heavy (non-hydrogen) atoms. The normalized spacial score (nSPS) is 15.8. The van der Waals surface area contributed by atoms with Gasteiger partial charge in [0.25, 0.3) is 0 Å². The smallest absolute Gasteiger partial charge is 0.224 e. The number of carbonyl (C=O) groups excluding carboxylic acids is 1. The number of benzene rings is 2. The van der Waals surface area contributed by atoms with Gasteiger partial charge >= 0.3 is 0 Å². The predicted molar refractivity (Wildman–Crippen MR) is 112 cm³/mol. The van der Waals surface area contributed by atoms with Gasteiger partial charge in [-0.1, -0.05) is 6.07 Å². The number of H-pyrrole nitrogens is 2. The number of morpholine rings is 1. The summed E-state index contributed by atoms with van der Waals surface area (Å²) >= 11 is 0. The van der Waals surface area contributed by atoms with Gasteiger partial charge in [-0.05, 0) is 42.8 Å². The van der Waals surface area contributed by atoms with E-state index >= 15 is 0 Å². The summed E-state index contributed by atoms with van der Waals surface area (Å²) in [5.41, 5.74) is 10.9. The van der Waals surface area contributed by atoms with E-state index in [1.807, 2.05) is 24.3 Å². The Hall–Kier alpha value is -3.39. The molecule has 1 saturated heterocycles. The second-order valence-electron chi connectivity index (χ2n) is 7.39. The number of ether oxygens (including phenoxy) is 1. The van der Waals surface area contributed by atoms with Gasteiger partial charge in [-0.15, -0.1) is 0 Å². The lowest BCUT2D eigenvalue weighted by atomic mass is 9.98. The average molecular weight is 390 g/mol. The van der Waals surface area contributed by atoms with Crippen molar-refractivity contribution in [1.29, 1.82) is 0 Å². The van der Waals surface area contributed by atoms with Gasteiger partial charge in [-0.3, -0.25) is 9.89 Å². The van der Waals surface area contributed by atoms with Crippen molar-refractivity contribution in [3.63, 3.8) is 0 Å². The number of rotatable bonds is 4. The maximum absolute atomic E-state index is 11.6. The number of nitrogens with two attached hydrogens (primary N) is 1. The minimum absolute atomic E-state index is 0.353. The third-order valence-corrected chi connectivity index (χ3v) is 5.58. The summed E-state index contributed by atoms with van der Waals surface area (Å²) in [6.45, 7) is 5.07. The lowest BCUT2D eigenvalue weighted by Crippen LogP contribution is -2.36. The average Bonchev–Trinajstić information content (AvgIpc) is 3.36. The zero-order valence-electron chi connectivity index (χ0n) is 16.1. The SMILES string of the molecule is CC(C(N)=O)c1ccc2[nH]nc(-c3nc4ccc(N5CCOCC5)cc4[nH]3)c2c1.